The molecule has 0 unspecified atom stereocenters. The molecule has 0 atom stereocenters. The zero-order valence-electron chi connectivity index (χ0n) is 8.26. The summed E-state index contributed by atoms with van der Waals surface area (Å²) >= 11 is 0. The van der Waals surface area contributed by atoms with E-state index in [2.05, 4.69) is 9.72 Å². The summed E-state index contributed by atoms with van der Waals surface area (Å²) in [5, 5.41) is 8.40. The molecule has 0 spiro atoms. The summed E-state index contributed by atoms with van der Waals surface area (Å²) < 4.78 is 9.88. The van der Waals surface area contributed by atoms with Crippen molar-refractivity contribution in [1.29, 1.82) is 0 Å². The van der Waals surface area contributed by atoms with E-state index >= 15 is 0 Å². The van der Waals surface area contributed by atoms with Crippen LogP contribution in [-0.4, -0.2) is 35.9 Å². The third-order valence-electron chi connectivity index (χ3n) is 1.56. The van der Waals surface area contributed by atoms with Gasteiger partial charge in [-0.2, -0.15) is 0 Å². The van der Waals surface area contributed by atoms with Gasteiger partial charge in [0.05, 0.1) is 25.8 Å². The average Bonchev–Trinajstić information content (AvgIpc) is 2.28. The Morgan fingerprint density at radius 1 is 1.47 bits per heavy atom. The Morgan fingerprint density at radius 3 is 3.00 bits per heavy atom. The fourth-order valence-electron chi connectivity index (χ4n) is 0.916. The fourth-order valence-corrected chi connectivity index (χ4v) is 0.916. The van der Waals surface area contributed by atoms with Crippen LogP contribution in [0.2, 0.25) is 0 Å². The zero-order chi connectivity index (χ0) is 10.9. The van der Waals surface area contributed by atoms with Gasteiger partial charge in [-0.05, 0) is 12.1 Å². The molecule has 1 heterocycles. The van der Waals surface area contributed by atoms with Gasteiger partial charge in [0.25, 0.3) is 0 Å². The van der Waals surface area contributed by atoms with Gasteiger partial charge >= 0.3 is 5.97 Å². The van der Waals surface area contributed by atoms with Gasteiger partial charge in [0.15, 0.2) is 0 Å². The van der Waals surface area contributed by atoms with Crippen LogP contribution in [0.3, 0.4) is 0 Å². The summed E-state index contributed by atoms with van der Waals surface area (Å²) in [6.45, 7) is 0.122. The Kier molecular flexibility index (Phi) is 5.18. The topological polar surface area (TPSA) is 68.7 Å². The van der Waals surface area contributed by atoms with E-state index in [0.717, 1.165) is 0 Å². The smallest absolute Gasteiger partial charge is 0.309 e. The van der Waals surface area contributed by atoms with Gasteiger partial charge in [-0.1, -0.05) is 0 Å². The van der Waals surface area contributed by atoms with Crippen LogP contribution in [0.1, 0.15) is 6.42 Å². The number of aliphatic hydroxyl groups is 1. The maximum atomic E-state index is 11.0. The van der Waals surface area contributed by atoms with Crippen LogP contribution in [0.5, 0.6) is 5.75 Å². The average molecular weight is 211 g/mol. The Morgan fingerprint density at radius 2 is 2.33 bits per heavy atom. The SMILES string of the molecule is O=C(CCOc1cccnc1)OCCO. The van der Waals surface area contributed by atoms with Crippen molar-refractivity contribution in [3.8, 4) is 5.75 Å². The number of carbonyl (C=O) groups excluding carboxylic acids is 1. The number of carbonyl (C=O) groups is 1. The molecule has 0 radical (unpaired) electrons. The number of pyridine rings is 1. The van der Waals surface area contributed by atoms with Gasteiger partial charge in [-0.3, -0.25) is 9.78 Å². The zero-order valence-corrected chi connectivity index (χ0v) is 8.26. The van der Waals surface area contributed by atoms with Crippen molar-refractivity contribution in [3.05, 3.63) is 24.5 Å². The fraction of sp³-hybridized carbons (Fsp3) is 0.400. The summed E-state index contributed by atoms with van der Waals surface area (Å²) in [7, 11) is 0. The number of aromatic nitrogens is 1. The lowest BCUT2D eigenvalue weighted by Crippen LogP contribution is -2.12. The highest BCUT2D eigenvalue weighted by Gasteiger charge is 2.02. The van der Waals surface area contributed by atoms with E-state index in [1.807, 2.05) is 0 Å². The first kappa shape index (κ1) is 11.5. The molecule has 1 aromatic rings. The van der Waals surface area contributed by atoms with Crippen LogP contribution in [-0.2, 0) is 9.53 Å². The molecular formula is C10H13NO4. The number of hydrogen-bond donors (Lipinski definition) is 1. The Hall–Kier alpha value is -1.62. The van der Waals surface area contributed by atoms with Gasteiger partial charge in [0.2, 0.25) is 0 Å². The van der Waals surface area contributed by atoms with Crippen molar-refractivity contribution in [2.45, 2.75) is 6.42 Å². The first-order valence-electron chi connectivity index (χ1n) is 4.62. The van der Waals surface area contributed by atoms with E-state index in [0.29, 0.717) is 5.75 Å². The molecule has 5 nitrogen and oxygen atoms in total. The first-order chi connectivity index (χ1) is 7.33. The summed E-state index contributed by atoms with van der Waals surface area (Å²) in [5.41, 5.74) is 0. The number of nitrogens with zero attached hydrogens (tertiary/aromatic N) is 1. The first-order valence-corrected chi connectivity index (χ1v) is 4.62. The Bertz CT molecular complexity index is 289. The van der Waals surface area contributed by atoms with E-state index in [9.17, 15) is 4.79 Å². The molecule has 0 aliphatic heterocycles. The second kappa shape index (κ2) is 6.78. The molecule has 1 rings (SSSR count). The molecule has 0 aromatic carbocycles. The third-order valence-corrected chi connectivity index (χ3v) is 1.56. The highest BCUT2D eigenvalue weighted by atomic mass is 16.5. The number of hydrogen-bond acceptors (Lipinski definition) is 5. The number of rotatable bonds is 6. The summed E-state index contributed by atoms with van der Waals surface area (Å²) in [5.74, 6) is 0.236. The van der Waals surface area contributed by atoms with E-state index in [1.54, 1.807) is 24.5 Å². The van der Waals surface area contributed by atoms with E-state index in [4.69, 9.17) is 9.84 Å². The molecular weight excluding hydrogens is 198 g/mol. The van der Waals surface area contributed by atoms with Crippen LogP contribution >= 0.6 is 0 Å². The van der Waals surface area contributed by atoms with Gasteiger partial charge in [-0.15, -0.1) is 0 Å². The predicted octanol–water partition coefficient (Wildman–Crippen LogP) is 0.386. The molecule has 0 aliphatic rings. The van der Waals surface area contributed by atoms with Crippen molar-refractivity contribution in [2.75, 3.05) is 19.8 Å². The largest absolute Gasteiger partial charge is 0.491 e. The van der Waals surface area contributed by atoms with E-state index in [1.165, 1.54) is 0 Å². The number of ether oxygens (including phenoxy) is 2. The van der Waals surface area contributed by atoms with Crippen molar-refractivity contribution in [1.82, 2.24) is 4.98 Å². The van der Waals surface area contributed by atoms with Gasteiger partial charge < -0.3 is 14.6 Å². The lowest BCUT2D eigenvalue weighted by Gasteiger charge is -2.05. The monoisotopic (exact) mass is 211 g/mol. The number of esters is 1. The van der Waals surface area contributed by atoms with Crippen LogP contribution < -0.4 is 4.74 Å². The quantitative estimate of drug-likeness (QED) is 0.689. The minimum absolute atomic E-state index is 0.0335. The lowest BCUT2D eigenvalue weighted by atomic mass is 10.4. The predicted molar refractivity (Wildman–Crippen MR) is 52.4 cm³/mol. The molecule has 82 valence electrons. The molecule has 1 N–H and O–H groups in total. The summed E-state index contributed by atoms with van der Waals surface area (Å²) in [4.78, 5) is 14.8. The summed E-state index contributed by atoms with van der Waals surface area (Å²) in [6, 6.07) is 3.51. The van der Waals surface area contributed by atoms with Gasteiger partial charge in [-0.25, -0.2) is 0 Å². The maximum Gasteiger partial charge on any atom is 0.309 e. The molecule has 0 bridgehead atoms. The minimum atomic E-state index is -0.382. The van der Waals surface area contributed by atoms with Crippen molar-refractivity contribution < 1.29 is 19.4 Å². The second-order valence-electron chi connectivity index (χ2n) is 2.73. The Labute approximate surface area is 87.7 Å². The van der Waals surface area contributed by atoms with E-state index in [-0.39, 0.29) is 32.2 Å². The highest BCUT2D eigenvalue weighted by Crippen LogP contribution is 2.06. The molecule has 0 saturated heterocycles. The molecule has 15 heavy (non-hydrogen) atoms. The molecule has 0 fully saturated rings. The van der Waals surface area contributed by atoms with Crippen LogP contribution in [0.25, 0.3) is 0 Å². The lowest BCUT2D eigenvalue weighted by molar-refractivity contribution is -0.145. The molecule has 0 aliphatic carbocycles. The molecule has 1 aromatic heterocycles. The van der Waals surface area contributed by atoms with Crippen molar-refractivity contribution in [3.63, 3.8) is 0 Å². The highest BCUT2D eigenvalue weighted by molar-refractivity contribution is 5.69. The standard InChI is InChI=1S/C10H13NO4/c12-5-7-15-10(13)3-6-14-9-2-1-4-11-8-9/h1-2,4,8,12H,3,5-7H2. The van der Waals surface area contributed by atoms with Crippen molar-refractivity contribution >= 4 is 5.97 Å². The van der Waals surface area contributed by atoms with Crippen LogP contribution in [0.15, 0.2) is 24.5 Å². The Balaban J connectivity index is 2.14. The van der Waals surface area contributed by atoms with Gasteiger partial charge in [0.1, 0.15) is 12.4 Å². The normalized spacial score (nSPS) is 9.67. The van der Waals surface area contributed by atoms with E-state index < -0.39 is 0 Å². The summed E-state index contributed by atoms with van der Waals surface area (Å²) in [6.07, 6.45) is 3.37. The number of aliphatic hydroxyl groups excluding tert-OH is 1. The molecule has 0 amide bonds. The van der Waals surface area contributed by atoms with Crippen LogP contribution in [0, 0.1) is 0 Å². The molecule has 5 heteroatoms. The minimum Gasteiger partial charge on any atom is -0.491 e. The second-order valence-corrected chi connectivity index (χ2v) is 2.73. The van der Waals surface area contributed by atoms with Crippen LogP contribution in [0.4, 0.5) is 0 Å². The maximum absolute atomic E-state index is 11.0. The molecule has 0 saturated carbocycles. The van der Waals surface area contributed by atoms with Crippen molar-refractivity contribution in [2.24, 2.45) is 0 Å². The van der Waals surface area contributed by atoms with Gasteiger partial charge in [0, 0.05) is 6.20 Å². The third kappa shape index (κ3) is 4.97.